The maximum Gasteiger partial charge on any atom is 0.274 e. The third-order valence-corrected chi connectivity index (χ3v) is 5.42. The number of carbonyl (C=O) groups excluding carboxylic acids is 1. The second-order valence-corrected chi connectivity index (χ2v) is 7.55. The molecule has 3 aromatic rings. The van der Waals surface area contributed by atoms with Crippen molar-refractivity contribution in [2.45, 2.75) is 13.8 Å². The second kappa shape index (κ2) is 9.32. The van der Waals surface area contributed by atoms with E-state index in [0.717, 1.165) is 22.3 Å². The quantitative estimate of drug-likeness (QED) is 0.501. The maximum atomic E-state index is 13.1. The number of aryl methyl sites for hydroxylation is 2. The number of amides is 1. The van der Waals surface area contributed by atoms with Crippen LogP contribution in [0.25, 0.3) is 10.9 Å². The molecule has 9 nitrogen and oxygen atoms in total. The van der Waals surface area contributed by atoms with Crippen LogP contribution in [0.15, 0.2) is 24.3 Å². The summed E-state index contributed by atoms with van der Waals surface area (Å²) in [6, 6.07) is 7.51. The van der Waals surface area contributed by atoms with Gasteiger partial charge in [0.05, 0.1) is 19.8 Å². The Hall–Kier alpha value is -3.17. The summed E-state index contributed by atoms with van der Waals surface area (Å²) in [4.78, 5) is 27.5. The predicted molar refractivity (Wildman–Crippen MR) is 121 cm³/mol. The molecule has 2 aromatic heterocycles. The third-order valence-electron chi connectivity index (χ3n) is 5.42. The number of aromatic nitrogens is 3. The predicted octanol–water partition coefficient (Wildman–Crippen LogP) is 2.72. The van der Waals surface area contributed by atoms with E-state index >= 15 is 0 Å². The summed E-state index contributed by atoms with van der Waals surface area (Å²) < 4.78 is 10.5. The molecule has 0 aliphatic carbocycles. The number of fused-ring (bicyclic) bond motifs is 1. The number of nitrogens with zero attached hydrogens (tertiary/aromatic N) is 3. The summed E-state index contributed by atoms with van der Waals surface area (Å²) in [6.07, 6.45) is 0. The largest absolute Gasteiger partial charge is 0.383 e. The van der Waals surface area contributed by atoms with Crippen LogP contribution in [-0.4, -0.2) is 67.4 Å². The molecule has 0 unspecified atom stereocenters. The maximum absolute atomic E-state index is 13.1. The van der Waals surface area contributed by atoms with Crippen molar-refractivity contribution < 1.29 is 14.3 Å². The van der Waals surface area contributed by atoms with Crippen molar-refractivity contribution in [2.75, 3.05) is 62.1 Å². The standard InChI is InChI=1S/C22H28N6O3/c1-14-15(2)24-18-5-4-16(12-17(14)18)25-21(29)19-13-20(23-6-9-30-3)27-22(26-19)28-7-10-31-11-8-28/h4-5,12-13,24H,6-11H2,1-3H3,(H,25,29)(H,23,26,27). The molecule has 0 bridgehead atoms. The van der Waals surface area contributed by atoms with E-state index in [1.54, 1.807) is 13.2 Å². The van der Waals surface area contributed by atoms with Crippen LogP contribution >= 0.6 is 0 Å². The molecule has 31 heavy (non-hydrogen) atoms. The van der Waals surface area contributed by atoms with Crippen molar-refractivity contribution in [1.82, 2.24) is 15.0 Å². The van der Waals surface area contributed by atoms with Gasteiger partial charge in [0.25, 0.3) is 5.91 Å². The molecule has 9 heteroatoms. The topological polar surface area (TPSA) is 104 Å². The van der Waals surface area contributed by atoms with Crippen LogP contribution in [0.5, 0.6) is 0 Å². The summed E-state index contributed by atoms with van der Waals surface area (Å²) in [5.74, 6) is 0.825. The fraction of sp³-hybridized carbons (Fsp3) is 0.409. The number of morpholine rings is 1. The molecule has 1 amide bonds. The molecule has 164 valence electrons. The third kappa shape index (κ3) is 4.78. The zero-order valence-electron chi connectivity index (χ0n) is 18.1. The number of aromatic amines is 1. The van der Waals surface area contributed by atoms with Crippen LogP contribution in [0.3, 0.4) is 0 Å². The van der Waals surface area contributed by atoms with Gasteiger partial charge in [-0.25, -0.2) is 4.98 Å². The summed E-state index contributed by atoms with van der Waals surface area (Å²) in [5.41, 5.74) is 4.37. The lowest BCUT2D eigenvalue weighted by molar-refractivity contribution is 0.102. The van der Waals surface area contributed by atoms with E-state index in [4.69, 9.17) is 9.47 Å². The molecule has 3 N–H and O–H groups in total. The number of anilines is 3. The number of hydrogen-bond acceptors (Lipinski definition) is 7. The summed E-state index contributed by atoms with van der Waals surface area (Å²) >= 11 is 0. The zero-order chi connectivity index (χ0) is 21.8. The number of carbonyl (C=O) groups is 1. The fourth-order valence-electron chi connectivity index (χ4n) is 3.56. The first-order chi connectivity index (χ1) is 15.0. The number of nitrogens with one attached hydrogen (secondary N) is 3. The summed E-state index contributed by atoms with van der Waals surface area (Å²) in [5, 5.41) is 7.26. The van der Waals surface area contributed by atoms with Gasteiger partial charge in [0, 0.05) is 55.1 Å². The average Bonchev–Trinajstić information content (AvgIpc) is 3.07. The van der Waals surface area contributed by atoms with Gasteiger partial charge in [-0.3, -0.25) is 4.79 Å². The fourth-order valence-corrected chi connectivity index (χ4v) is 3.56. The minimum atomic E-state index is -0.282. The first-order valence-electron chi connectivity index (χ1n) is 10.4. The summed E-state index contributed by atoms with van der Waals surface area (Å²) in [6.45, 7) is 7.82. The SMILES string of the molecule is COCCNc1cc(C(=O)Nc2ccc3[nH]c(C)c(C)c3c2)nc(N2CCOCC2)n1. The molecule has 0 radical (unpaired) electrons. The number of benzene rings is 1. The van der Waals surface area contributed by atoms with Crippen LogP contribution in [0.4, 0.5) is 17.5 Å². The Morgan fingerprint density at radius 2 is 2.03 bits per heavy atom. The van der Waals surface area contributed by atoms with Crippen molar-refractivity contribution in [3.63, 3.8) is 0 Å². The van der Waals surface area contributed by atoms with E-state index in [9.17, 15) is 4.79 Å². The van der Waals surface area contributed by atoms with E-state index in [1.807, 2.05) is 30.0 Å². The van der Waals surface area contributed by atoms with E-state index in [-0.39, 0.29) is 5.91 Å². The Morgan fingerprint density at radius 3 is 2.81 bits per heavy atom. The van der Waals surface area contributed by atoms with Gasteiger partial charge in [-0.1, -0.05) is 0 Å². The minimum Gasteiger partial charge on any atom is -0.383 e. The molecular formula is C22H28N6O3. The first-order valence-corrected chi connectivity index (χ1v) is 10.4. The van der Waals surface area contributed by atoms with Gasteiger partial charge in [-0.05, 0) is 37.6 Å². The van der Waals surface area contributed by atoms with Crippen molar-refractivity contribution in [3.05, 3.63) is 41.2 Å². The Balaban J connectivity index is 1.59. The zero-order valence-corrected chi connectivity index (χ0v) is 18.1. The lowest BCUT2D eigenvalue weighted by Crippen LogP contribution is -2.37. The highest BCUT2D eigenvalue weighted by atomic mass is 16.5. The second-order valence-electron chi connectivity index (χ2n) is 7.55. The number of H-pyrrole nitrogens is 1. The van der Waals surface area contributed by atoms with Gasteiger partial charge in [-0.2, -0.15) is 4.98 Å². The average molecular weight is 425 g/mol. The molecule has 1 fully saturated rings. The van der Waals surface area contributed by atoms with Crippen molar-refractivity contribution in [2.24, 2.45) is 0 Å². The highest BCUT2D eigenvalue weighted by molar-refractivity contribution is 6.04. The number of methoxy groups -OCH3 is 1. The van der Waals surface area contributed by atoms with Crippen molar-refractivity contribution in [1.29, 1.82) is 0 Å². The summed E-state index contributed by atoms with van der Waals surface area (Å²) in [7, 11) is 1.64. The molecule has 1 saturated heterocycles. The Bertz CT molecular complexity index is 1070. The van der Waals surface area contributed by atoms with Crippen molar-refractivity contribution in [3.8, 4) is 0 Å². The molecular weight excluding hydrogens is 396 g/mol. The van der Waals surface area contributed by atoms with E-state index < -0.39 is 0 Å². The minimum absolute atomic E-state index is 0.282. The van der Waals surface area contributed by atoms with Crippen LogP contribution in [0.1, 0.15) is 21.7 Å². The van der Waals surface area contributed by atoms with E-state index in [0.29, 0.717) is 56.9 Å². The molecule has 0 saturated carbocycles. The Labute approximate surface area is 181 Å². The van der Waals surface area contributed by atoms with Gasteiger partial charge in [0.2, 0.25) is 5.95 Å². The van der Waals surface area contributed by atoms with E-state index in [2.05, 4.69) is 32.5 Å². The molecule has 1 aromatic carbocycles. The van der Waals surface area contributed by atoms with Crippen LogP contribution < -0.4 is 15.5 Å². The van der Waals surface area contributed by atoms with Crippen LogP contribution in [-0.2, 0) is 9.47 Å². The Kier molecular flexibility index (Phi) is 6.34. The van der Waals surface area contributed by atoms with E-state index in [1.165, 1.54) is 5.56 Å². The van der Waals surface area contributed by atoms with Crippen molar-refractivity contribution >= 4 is 34.3 Å². The normalized spacial score (nSPS) is 14.1. The molecule has 4 rings (SSSR count). The van der Waals surface area contributed by atoms with Crippen LogP contribution in [0.2, 0.25) is 0 Å². The Morgan fingerprint density at radius 1 is 1.23 bits per heavy atom. The molecule has 1 aliphatic heterocycles. The van der Waals surface area contributed by atoms with Gasteiger partial charge >= 0.3 is 0 Å². The van der Waals surface area contributed by atoms with Gasteiger partial charge < -0.3 is 30.0 Å². The number of ether oxygens (including phenoxy) is 2. The molecule has 0 atom stereocenters. The number of hydrogen-bond donors (Lipinski definition) is 3. The van der Waals surface area contributed by atoms with Gasteiger partial charge in [0.1, 0.15) is 11.5 Å². The van der Waals surface area contributed by atoms with Gasteiger partial charge in [0.15, 0.2) is 0 Å². The molecule has 1 aliphatic rings. The molecule has 3 heterocycles. The highest BCUT2D eigenvalue weighted by Gasteiger charge is 2.19. The van der Waals surface area contributed by atoms with Gasteiger partial charge in [-0.15, -0.1) is 0 Å². The smallest absolute Gasteiger partial charge is 0.274 e. The number of rotatable bonds is 7. The monoisotopic (exact) mass is 424 g/mol. The lowest BCUT2D eigenvalue weighted by Gasteiger charge is -2.27. The highest BCUT2D eigenvalue weighted by Crippen LogP contribution is 2.25. The lowest BCUT2D eigenvalue weighted by atomic mass is 10.1. The van der Waals surface area contributed by atoms with Crippen LogP contribution in [0, 0.1) is 13.8 Å². The molecule has 0 spiro atoms. The first kappa shape index (κ1) is 21.1.